The predicted octanol–water partition coefficient (Wildman–Crippen LogP) is 2.75. The molecule has 0 aliphatic carbocycles. The molecule has 2 N–H and O–H groups in total. The van der Waals surface area contributed by atoms with E-state index >= 15 is 0 Å². The molecule has 0 atom stereocenters. The largest absolute Gasteiger partial charge is 0.507 e. The van der Waals surface area contributed by atoms with E-state index in [2.05, 4.69) is 10.4 Å². The average Bonchev–Trinajstić information content (AvgIpc) is 3.19. The number of benzene rings is 2. The Bertz CT molecular complexity index is 1160. The Morgan fingerprint density at radius 3 is 2.58 bits per heavy atom. The van der Waals surface area contributed by atoms with Crippen molar-refractivity contribution >= 4 is 16.8 Å². The summed E-state index contributed by atoms with van der Waals surface area (Å²) in [5, 5.41) is 10.5. The van der Waals surface area contributed by atoms with Gasteiger partial charge in [-0.25, -0.2) is 4.98 Å². The number of fused-ring (bicyclic) bond motifs is 1. The number of para-hydroxylation sites is 2. The first-order chi connectivity index (χ1) is 12.6. The second-order valence-corrected chi connectivity index (χ2v) is 5.53. The lowest BCUT2D eigenvalue weighted by atomic mass is 10.1. The molecule has 0 fully saturated rings. The molecule has 4 rings (SSSR count). The van der Waals surface area contributed by atoms with Gasteiger partial charge in [-0.2, -0.15) is 4.68 Å². The van der Waals surface area contributed by atoms with E-state index in [0.717, 1.165) is 4.68 Å². The van der Waals surface area contributed by atoms with Crippen molar-refractivity contribution in [3.05, 3.63) is 83.0 Å². The molecule has 128 valence electrons. The summed E-state index contributed by atoms with van der Waals surface area (Å²) in [5.74, 6) is -0.499. The zero-order chi connectivity index (χ0) is 18.1. The van der Waals surface area contributed by atoms with Crippen LogP contribution in [-0.2, 0) is 0 Å². The molecule has 2 aromatic carbocycles. The Labute approximate surface area is 147 Å². The molecule has 7 nitrogen and oxygen atoms in total. The SMILES string of the molecule is O=C(Nn1c(-c2ccccc2O)nc2ccccc2c1=O)c1ccco1. The highest BCUT2D eigenvalue weighted by Crippen LogP contribution is 2.27. The van der Waals surface area contributed by atoms with E-state index < -0.39 is 11.5 Å². The maximum atomic E-state index is 12.9. The van der Waals surface area contributed by atoms with E-state index in [-0.39, 0.29) is 17.3 Å². The van der Waals surface area contributed by atoms with Crippen molar-refractivity contribution in [3.8, 4) is 17.1 Å². The monoisotopic (exact) mass is 347 g/mol. The number of aromatic nitrogens is 2. The number of phenols is 1. The molecule has 1 amide bonds. The van der Waals surface area contributed by atoms with Crippen LogP contribution in [0, 0.1) is 0 Å². The summed E-state index contributed by atoms with van der Waals surface area (Å²) >= 11 is 0. The predicted molar refractivity (Wildman–Crippen MR) is 95.5 cm³/mol. The average molecular weight is 347 g/mol. The van der Waals surface area contributed by atoms with Crippen LogP contribution in [0.1, 0.15) is 10.6 Å². The van der Waals surface area contributed by atoms with Crippen LogP contribution >= 0.6 is 0 Å². The molecule has 26 heavy (non-hydrogen) atoms. The van der Waals surface area contributed by atoms with Gasteiger partial charge in [0.05, 0.1) is 22.7 Å². The third kappa shape index (κ3) is 2.61. The molecule has 0 bridgehead atoms. The first kappa shape index (κ1) is 15.6. The third-order valence-corrected chi connectivity index (χ3v) is 3.88. The molecule has 0 spiro atoms. The number of nitrogens with zero attached hydrogens (tertiary/aromatic N) is 2. The van der Waals surface area contributed by atoms with Crippen molar-refractivity contribution in [1.82, 2.24) is 9.66 Å². The van der Waals surface area contributed by atoms with Gasteiger partial charge < -0.3 is 9.52 Å². The Balaban J connectivity index is 1.96. The first-order valence-electron chi connectivity index (χ1n) is 7.80. The molecule has 7 heteroatoms. The second-order valence-electron chi connectivity index (χ2n) is 5.53. The quantitative estimate of drug-likeness (QED) is 0.594. The molecule has 0 radical (unpaired) electrons. The number of furan rings is 1. The number of hydrogen-bond acceptors (Lipinski definition) is 5. The molecular weight excluding hydrogens is 334 g/mol. The van der Waals surface area contributed by atoms with Gasteiger partial charge in [0.2, 0.25) is 0 Å². The summed E-state index contributed by atoms with van der Waals surface area (Å²) < 4.78 is 6.08. The minimum atomic E-state index is -0.606. The van der Waals surface area contributed by atoms with Crippen LogP contribution in [0.15, 0.2) is 76.1 Å². The van der Waals surface area contributed by atoms with Gasteiger partial charge in [-0.1, -0.05) is 24.3 Å². The van der Waals surface area contributed by atoms with Gasteiger partial charge in [-0.05, 0) is 36.4 Å². The Kier molecular flexibility index (Phi) is 3.74. The molecule has 2 aromatic heterocycles. The Morgan fingerprint density at radius 1 is 1.04 bits per heavy atom. The minimum Gasteiger partial charge on any atom is -0.507 e. The number of rotatable bonds is 3. The number of carbonyl (C=O) groups is 1. The summed E-state index contributed by atoms with van der Waals surface area (Å²) in [6.07, 6.45) is 1.36. The number of nitrogens with one attached hydrogen (secondary N) is 1. The summed E-state index contributed by atoms with van der Waals surface area (Å²) in [6, 6.07) is 16.3. The summed E-state index contributed by atoms with van der Waals surface area (Å²) in [7, 11) is 0. The fourth-order valence-corrected chi connectivity index (χ4v) is 2.64. The van der Waals surface area contributed by atoms with Crippen molar-refractivity contribution in [1.29, 1.82) is 0 Å². The summed E-state index contributed by atoms with van der Waals surface area (Å²) in [6.45, 7) is 0. The second kappa shape index (κ2) is 6.21. The molecule has 0 unspecified atom stereocenters. The van der Waals surface area contributed by atoms with Crippen LogP contribution in [0.2, 0.25) is 0 Å². The van der Waals surface area contributed by atoms with Gasteiger partial charge >= 0.3 is 5.91 Å². The number of amides is 1. The van der Waals surface area contributed by atoms with Crippen LogP contribution in [0.5, 0.6) is 5.75 Å². The lowest BCUT2D eigenvalue weighted by Crippen LogP contribution is -2.35. The van der Waals surface area contributed by atoms with E-state index in [9.17, 15) is 14.7 Å². The zero-order valence-corrected chi connectivity index (χ0v) is 13.4. The molecule has 2 heterocycles. The summed E-state index contributed by atoms with van der Waals surface area (Å²) in [4.78, 5) is 29.8. The van der Waals surface area contributed by atoms with Crippen LogP contribution in [-0.4, -0.2) is 20.7 Å². The van der Waals surface area contributed by atoms with Gasteiger partial charge in [0.1, 0.15) is 5.75 Å². The van der Waals surface area contributed by atoms with E-state index in [1.807, 2.05) is 0 Å². The Morgan fingerprint density at radius 2 is 1.81 bits per heavy atom. The van der Waals surface area contributed by atoms with Crippen LogP contribution in [0.3, 0.4) is 0 Å². The minimum absolute atomic E-state index is 0.0493. The third-order valence-electron chi connectivity index (χ3n) is 3.88. The van der Waals surface area contributed by atoms with Crippen molar-refractivity contribution in [2.24, 2.45) is 0 Å². The van der Waals surface area contributed by atoms with E-state index in [1.54, 1.807) is 48.5 Å². The lowest BCUT2D eigenvalue weighted by Gasteiger charge is -2.14. The number of carbonyl (C=O) groups excluding carboxylic acids is 1. The van der Waals surface area contributed by atoms with Crippen molar-refractivity contribution in [3.63, 3.8) is 0 Å². The molecule has 4 aromatic rings. The molecule has 0 aliphatic heterocycles. The van der Waals surface area contributed by atoms with Crippen LogP contribution in [0.4, 0.5) is 0 Å². The van der Waals surface area contributed by atoms with E-state index in [1.165, 1.54) is 18.4 Å². The normalized spacial score (nSPS) is 10.8. The lowest BCUT2D eigenvalue weighted by molar-refractivity contribution is 0.0981. The summed E-state index contributed by atoms with van der Waals surface area (Å²) in [5.41, 5.74) is 2.81. The maximum Gasteiger partial charge on any atom is 0.305 e. The van der Waals surface area contributed by atoms with E-state index in [0.29, 0.717) is 16.5 Å². The molecular formula is C19H13N3O4. The zero-order valence-electron chi connectivity index (χ0n) is 13.4. The van der Waals surface area contributed by atoms with Crippen molar-refractivity contribution < 1.29 is 14.3 Å². The topological polar surface area (TPSA) is 97.4 Å². The number of phenolic OH excluding ortho intramolecular Hbond substituents is 1. The number of aromatic hydroxyl groups is 1. The first-order valence-corrected chi connectivity index (χ1v) is 7.80. The highest BCUT2D eigenvalue weighted by molar-refractivity contribution is 5.98. The van der Waals surface area contributed by atoms with Crippen molar-refractivity contribution in [2.75, 3.05) is 5.43 Å². The smallest absolute Gasteiger partial charge is 0.305 e. The highest BCUT2D eigenvalue weighted by atomic mass is 16.3. The highest BCUT2D eigenvalue weighted by Gasteiger charge is 2.18. The van der Waals surface area contributed by atoms with Crippen molar-refractivity contribution in [2.45, 2.75) is 0 Å². The van der Waals surface area contributed by atoms with Crippen LogP contribution in [0.25, 0.3) is 22.3 Å². The standard InChI is InChI=1S/C19H13N3O4/c23-15-9-4-2-7-13(15)17-20-14-8-3-1-6-12(14)19(25)22(17)21-18(24)16-10-5-11-26-16/h1-11,23H,(H,21,24). The fraction of sp³-hybridized carbons (Fsp3) is 0. The van der Waals surface area contributed by atoms with Gasteiger partial charge in [-0.15, -0.1) is 0 Å². The molecule has 0 saturated carbocycles. The maximum absolute atomic E-state index is 12.9. The fourth-order valence-electron chi connectivity index (χ4n) is 2.64. The van der Waals surface area contributed by atoms with Gasteiger partial charge in [-0.3, -0.25) is 15.0 Å². The van der Waals surface area contributed by atoms with Gasteiger partial charge in [0.15, 0.2) is 11.6 Å². The Hall–Kier alpha value is -3.87. The van der Waals surface area contributed by atoms with Gasteiger partial charge in [0, 0.05) is 0 Å². The van der Waals surface area contributed by atoms with Gasteiger partial charge in [0.25, 0.3) is 5.56 Å². The van der Waals surface area contributed by atoms with Crippen LogP contribution < -0.4 is 11.0 Å². The number of hydrogen-bond donors (Lipinski definition) is 2. The van der Waals surface area contributed by atoms with E-state index in [4.69, 9.17) is 4.42 Å². The molecule has 0 aliphatic rings. The molecule has 0 saturated heterocycles.